The summed E-state index contributed by atoms with van der Waals surface area (Å²) < 4.78 is 5.43. The Balaban J connectivity index is 1.23. The summed E-state index contributed by atoms with van der Waals surface area (Å²) in [6.45, 7) is 5.55. The number of ether oxygens (including phenoxy) is 1. The third-order valence-electron chi connectivity index (χ3n) is 6.09. The summed E-state index contributed by atoms with van der Waals surface area (Å²) in [6.07, 6.45) is 5.78. The van der Waals surface area contributed by atoms with E-state index in [2.05, 4.69) is 4.90 Å². The number of hydrogen-bond donors (Lipinski definition) is 0. The van der Waals surface area contributed by atoms with Crippen molar-refractivity contribution in [2.24, 2.45) is 17.8 Å². The first-order chi connectivity index (χ1) is 13.1. The molecule has 4 rings (SSSR count). The minimum Gasteiger partial charge on any atom is -0.449 e. The predicted molar refractivity (Wildman–Crippen MR) is 108 cm³/mol. The number of piperidine rings is 1. The summed E-state index contributed by atoms with van der Waals surface area (Å²) in [5.74, 6) is 1.80. The Morgan fingerprint density at radius 2 is 1.78 bits per heavy atom. The summed E-state index contributed by atoms with van der Waals surface area (Å²) in [6, 6.07) is 5.74. The number of carbonyl (C=O) groups excluding carboxylic acids is 1. The Labute approximate surface area is 171 Å². The monoisotopic (exact) mass is 410 g/mol. The van der Waals surface area contributed by atoms with Gasteiger partial charge in [0.2, 0.25) is 0 Å². The lowest BCUT2D eigenvalue weighted by molar-refractivity contribution is 0.0254. The highest BCUT2D eigenvalue weighted by Crippen LogP contribution is 2.31. The van der Waals surface area contributed by atoms with E-state index in [4.69, 9.17) is 27.9 Å². The van der Waals surface area contributed by atoms with Crippen molar-refractivity contribution in [2.45, 2.75) is 32.1 Å². The molecule has 6 heteroatoms. The number of cyclic esters (lactones) is 1. The second-order valence-corrected chi connectivity index (χ2v) is 9.32. The normalized spacial score (nSPS) is 24.9. The van der Waals surface area contributed by atoms with Crippen LogP contribution in [0.15, 0.2) is 18.2 Å². The fraction of sp³-hybridized carbons (Fsp3) is 0.667. The first kappa shape index (κ1) is 19.4. The molecule has 2 saturated heterocycles. The van der Waals surface area contributed by atoms with Gasteiger partial charge >= 0.3 is 6.09 Å². The number of likely N-dealkylation sites (tertiary alicyclic amines) is 1. The van der Waals surface area contributed by atoms with Gasteiger partial charge < -0.3 is 14.5 Å². The molecule has 1 saturated carbocycles. The number of nitrogens with zero attached hydrogens (tertiary/aromatic N) is 2. The first-order valence-corrected chi connectivity index (χ1v) is 10.9. The lowest BCUT2D eigenvalue weighted by Gasteiger charge is -2.38. The maximum Gasteiger partial charge on any atom is 0.409 e. The van der Waals surface area contributed by atoms with Gasteiger partial charge in [-0.15, -0.1) is 0 Å². The van der Waals surface area contributed by atoms with Crippen LogP contribution in [0.1, 0.15) is 31.2 Å². The van der Waals surface area contributed by atoms with Crippen LogP contribution in [-0.4, -0.2) is 55.2 Å². The van der Waals surface area contributed by atoms with Gasteiger partial charge in [-0.1, -0.05) is 23.2 Å². The standard InChI is InChI=1S/C21H28Cl2N2O2/c22-19-3-4-20(23)18(10-19)9-15-5-7-24(8-6-15)11-17-13-25(12-16-1-2-16)21(26)27-14-17/h3-4,10,15-17H,1-2,5-9,11-14H2. The third-order valence-corrected chi connectivity index (χ3v) is 6.70. The fourth-order valence-electron chi connectivity index (χ4n) is 4.34. The maximum atomic E-state index is 11.9. The molecule has 1 atom stereocenters. The molecule has 1 unspecified atom stereocenters. The second-order valence-electron chi connectivity index (χ2n) is 8.48. The maximum absolute atomic E-state index is 11.9. The highest BCUT2D eigenvalue weighted by Gasteiger charge is 2.33. The lowest BCUT2D eigenvalue weighted by atomic mass is 9.89. The van der Waals surface area contributed by atoms with E-state index >= 15 is 0 Å². The molecule has 1 amide bonds. The van der Waals surface area contributed by atoms with Crippen LogP contribution in [0.25, 0.3) is 0 Å². The van der Waals surface area contributed by atoms with Gasteiger partial charge in [0, 0.05) is 35.6 Å². The summed E-state index contributed by atoms with van der Waals surface area (Å²) in [5, 5.41) is 1.58. The number of halogens is 2. The van der Waals surface area contributed by atoms with Crippen molar-refractivity contribution in [1.82, 2.24) is 9.80 Å². The molecule has 2 heterocycles. The Kier molecular flexibility index (Phi) is 6.15. The third kappa shape index (κ3) is 5.30. The molecule has 0 radical (unpaired) electrons. The molecule has 0 spiro atoms. The topological polar surface area (TPSA) is 32.8 Å². The van der Waals surface area contributed by atoms with Gasteiger partial charge in [0.05, 0.1) is 6.61 Å². The van der Waals surface area contributed by atoms with E-state index in [0.717, 1.165) is 54.8 Å². The van der Waals surface area contributed by atoms with E-state index in [9.17, 15) is 4.79 Å². The van der Waals surface area contributed by atoms with Crippen LogP contribution in [-0.2, 0) is 11.2 Å². The molecule has 0 N–H and O–H groups in total. The Bertz CT molecular complexity index is 672. The van der Waals surface area contributed by atoms with E-state index in [1.807, 2.05) is 23.1 Å². The molecule has 3 aliphatic rings. The number of amides is 1. The van der Waals surface area contributed by atoms with Gasteiger partial charge in [0.15, 0.2) is 0 Å². The average Bonchev–Trinajstić information content (AvgIpc) is 3.47. The molecule has 0 aromatic heterocycles. The Morgan fingerprint density at radius 3 is 2.52 bits per heavy atom. The molecule has 27 heavy (non-hydrogen) atoms. The number of carbonyl (C=O) groups is 1. The van der Waals surface area contributed by atoms with E-state index in [0.29, 0.717) is 24.4 Å². The van der Waals surface area contributed by atoms with Crippen molar-refractivity contribution in [3.63, 3.8) is 0 Å². The summed E-state index contributed by atoms with van der Waals surface area (Å²) in [7, 11) is 0. The Morgan fingerprint density at radius 1 is 1.00 bits per heavy atom. The van der Waals surface area contributed by atoms with E-state index in [-0.39, 0.29) is 6.09 Å². The SMILES string of the molecule is O=C1OCC(CN2CCC(Cc3cc(Cl)ccc3Cl)CC2)CN1CC1CC1. The molecular formula is C21H28Cl2N2O2. The quantitative estimate of drug-likeness (QED) is 0.679. The summed E-state index contributed by atoms with van der Waals surface area (Å²) in [4.78, 5) is 16.4. The molecule has 4 nitrogen and oxygen atoms in total. The van der Waals surface area contributed by atoms with Gasteiger partial charge in [0.25, 0.3) is 0 Å². The number of benzene rings is 1. The zero-order valence-corrected chi connectivity index (χ0v) is 17.2. The summed E-state index contributed by atoms with van der Waals surface area (Å²) in [5.41, 5.74) is 1.16. The van der Waals surface area contributed by atoms with Gasteiger partial charge in [-0.25, -0.2) is 4.79 Å². The van der Waals surface area contributed by atoms with E-state index < -0.39 is 0 Å². The lowest BCUT2D eigenvalue weighted by Crippen LogP contribution is -2.48. The van der Waals surface area contributed by atoms with Crippen LogP contribution in [0.5, 0.6) is 0 Å². The minimum atomic E-state index is -0.116. The fourth-order valence-corrected chi connectivity index (χ4v) is 4.73. The smallest absolute Gasteiger partial charge is 0.409 e. The zero-order valence-electron chi connectivity index (χ0n) is 15.7. The van der Waals surface area contributed by atoms with Gasteiger partial charge in [-0.05, 0) is 80.8 Å². The summed E-state index contributed by atoms with van der Waals surface area (Å²) >= 11 is 12.4. The van der Waals surface area contributed by atoms with Crippen LogP contribution in [0.3, 0.4) is 0 Å². The van der Waals surface area contributed by atoms with Crippen molar-refractivity contribution in [2.75, 3.05) is 39.3 Å². The van der Waals surface area contributed by atoms with Crippen LogP contribution < -0.4 is 0 Å². The number of rotatable bonds is 6. The Hall–Kier alpha value is -0.970. The largest absolute Gasteiger partial charge is 0.449 e. The molecule has 148 valence electrons. The molecule has 2 aliphatic heterocycles. The predicted octanol–water partition coefficient (Wildman–Crippen LogP) is 4.73. The van der Waals surface area contributed by atoms with E-state index in [1.165, 1.54) is 25.7 Å². The van der Waals surface area contributed by atoms with Crippen molar-refractivity contribution >= 4 is 29.3 Å². The first-order valence-electron chi connectivity index (χ1n) is 10.1. The van der Waals surface area contributed by atoms with Gasteiger partial charge in [0.1, 0.15) is 0 Å². The van der Waals surface area contributed by atoms with Crippen molar-refractivity contribution in [1.29, 1.82) is 0 Å². The van der Waals surface area contributed by atoms with E-state index in [1.54, 1.807) is 0 Å². The number of hydrogen-bond acceptors (Lipinski definition) is 3. The second kappa shape index (κ2) is 8.59. The highest BCUT2D eigenvalue weighted by molar-refractivity contribution is 6.33. The van der Waals surface area contributed by atoms with Crippen molar-refractivity contribution in [3.05, 3.63) is 33.8 Å². The minimum absolute atomic E-state index is 0.116. The highest BCUT2D eigenvalue weighted by atomic mass is 35.5. The van der Waals surface area contributed by atoms with Crippen molar-refractivity contribution in [3.8, 4) is 0 Å². The van der Waals surface area contributed by atoms with Gasteiger partial charge in [-0.2, -0.15) is 0 Å². The molecular weight excluding hydrogens is 383 g/mol. The zero-order chi connectivity index (χ0) is 18.8. The molecule has 1 aliphatic carbocycles. The van der Waals surface area contributed by atoms with Crippen molar-refractivity contribution < 1.29 is 9.53 Å². The van der Waals surface area contributed by atoms with Gasteiger partial charge in [-0.3, -0.25) is 0 Å². The molecule has 3 fully saturated rings. The van der Waals surface area contributed by atoms with Crippen LogP contribution in [0.4, 0.5) is 4.79 Å². The molecule has 1 aromatic carbocycles. The molecule has 0 bridgehead atoms. The van der Waals surface area contributed by atoms with Crippen LogP contribution in [0, 0.1) is 17.8 Å². The average molecular weight is 411 g/mol. The van der Waals surface area contributed by atoms with Crippen LogP contribution in [0.2, 0.25) is 10.0 Å². The van der Waals surface area contributed by atoms with Crippen LogP contribution >= 0.6 is 23.2 Å². The molecule has 1 aromatic rings.